The Bertz CT molecular complexity index is 682. The number of hydrogen-bond acceptors (Lipinski definition) is 4. The maximum absolute atomic E-state index is 12.4. The van der Waals surface area contributed by atoms with Crippen LogP contribution in [0.5, 0.6) is 0 Å². The van der Waals surface area contributed by atoms with E-state index in [0.29, 0.717) is 11.1 Å². The lowest BCUT2D eigenvalue weighted by Crippen LogP contribution is -2.46. The van der Waals surface area contributed by atoms with E-state index in [1.165, 1.54) is 0 Å². The Morgan fingerprint density at radius 1 is 1.08 bits per heavy atom. The van der Waals surface area contributed by atoms with Crippen LogP contribution in [0.2, 0.25) is 0 Å². The van der Waals surface area contributed by atoms with Gasteiger partial charge in [0.15, 0.2) is 6.04 Å². The molecule has 1 amide bonds. The van der Waals surface area contributed by atoms with Crippen molar-refractivity contribution in [2.75, 3.05) is 6.61 Å². The van der Waals surface area contributed by atoms with Crippen LogP contribution in [-0.4, -0.2) is 29.6 Å². The zero-order valence-corrected chi connectivity index (χ0v) is 13.7. The summed E-state index contributed by atoms with van der Waals surface area (Å²) in [5.74, 6) is -1.11. The number of aliphatic hydroxyl groups excluding tert-OH is 1. The van der Waals surface area contributed by atoms with Gasteiger partial charge in [0.25, 0.3) is 5.91 Å². The number of rotatable bonds is 6. The van der Waals surface area contributed by atoms with Gasteiger partial charge in [-0.15, -0.1) is 0 Å². The molecule has 0 fully saturated rings. The van der Waals surface area contributed by atoms with Gasteiger partial charge in [-0.1, -0.05) is 48.0 Å². The number of aliphatic hydroxyl groups is 1. The van der Waals surface area contributed by atoms with E-state index in [2.05, 4.69) is 5.32 Å². The lowest BCUT2D eigenvalue weighted by molar-refractivity contribution is -0.148. The fraction of sp³-hybridized carbons (Fsp3) is 0.263. The average molecular weight is 327 g/mol. The zero-order valence-electron chi connectivity index (χ0n) is 13.7. The van der Waals surface area contributed by atoms with E-state index in [1.54, 1.807) is 49.4 Å². The van der Waals surface area contributed by atoms with Gasteiger partial charge >= 0.3 is 5.97 Å². The second-order valence-corrected chi connectivity index (χ2v) is 5.42. The summed E-state index contributed by atoms with van der Waals surface area (Å²) in [6, 6.07) is 14.5. The Morgan fingerprint density at radius 3 is 2.29 bits per heavy atom. The van der Waals surface area contributed by atoms with E-state index in [4.69, 9.17) is 4.74 Å². The average Bonchev–Trinajstić information content (AvgIpc) is 2.60. The molecular weight excluding hydrogens is 306 g/mol. The van der Waals surface area contributed by atoms with Crippen LogP contribution >= 0.6 is 0 Å². The topological polar surface area (TPSA) is 75.6 Å². The molecule has 0 saturated carbocycles. The molecule has 0 radical (unpaired) electrons. The summed E-state index contributed by atoms with van der Waals surface area (Å²) in [7, 11) is 0. The summed E-state index contributed by atoms with van der Waals surface area (Å²) in [5.41, 5.74) is 1.97. The van der Waals surface area contributed by atoms with Crippen molar-refractivity contribution in [3.8, 4) is 0 Å². The summed E-state index contributed by atoms with van der Waals surface area (Å²) in [5, 5.41) is 13.1. The van der Waals surface area contributed by atoms with Crippen molar-refractivity contribution in [2.24, 2.45) is 0 Å². The highest BCUT2D eigenvalue weighted by atomic mass is 16.5. The Balaban J connectivity index is 2.21. The molecular formula is C19H21NO4. The minimum atomic E-state index is -1.19. The monoisotopic (exact) mass is 327 g/mol. The van der Waals surface area contributed by atoms with E-state index >= 15 is 0 Å². The second kappa shape index (κ2) is 8.26. The number of benzene rings is 2. The first-order valence-corrected chi connectivity index (χ1v) is 7.80. The molecule has 0 aliphatic carbocycles. The van der Waals surface area contributed by atoms with Crippen molar-refractivity contribution in [2.45, 2.75) is 26.0 Å². The quantitative estimate of drug-likeness (QED) is 0.799. The molecule has 0 aliphatic rings. The van der Waals surface area contributed by atoms with Gasteiger partial charge in [-0.05, 0) is 31.5 Å². The smallest absolute Gasteiger partial charge is 0.331 e. The number of amides is 1. The summed E-state index contributed by atoms with van der Waals surface area (Å²) in [4.78, 5) is 24.6. The molecule has 2 rings (SSSR count). The summed E-state index contributed by atoms with van der Waals surface area (Å²) in [6.07, 6.45) is -1.19. The highest BCUT2D eigenvalue weighted by Gasteiger charge is 2.31. The first-order valence-electron chi connectivity index (χ1n) is 7.80. The standard InChI is InChI=1S/C19H21NO4/c1-3-24-19(23)16(17(21)14-7-5-4-6-8-14)20-18(22)15-11-9-13(2)10-12-15/h4-12,16-17,21H,3H2,1-2H3,(H,20,22). The Labute approximate surface area is 141 Å². The lowest BCUT2D eigenvalue weighted by Gasteiger charge is -2.23. The van der Waals surface area contributed by atoms with Crippen LogP contribution < -0.4 is 5.32 Å². The van der Waals surface area contributed by atoms with Crippen molar-refractivity contribution < 1.29 is 19.4 Å². The molecule has 126 valence electrons. The number of esters is 1. The maximum Gasteiger partial charge on any atom is 0.331 e. The first-order chi connectivity index (χ1) is 11.5. The molecule has 2 aromatic rings. The molecule has 0 bridgehead atoms. The van der Waals surface area contributed by atoms with Gasteiger partial charge in [-0.2, -0.15) is 0 Å². The predicted molar refractivity (Wildman–Crippen MR) is 90.5 cm³/mol. The van der Waals surface area contributed by atoms with Gasteiger partial charge in [0.1, 0.15) is 6.10 Å². The second-order valence-electron chi connectivity index (χ2n) is 5.42. The molecule has 0 aliphatic heterocycles. The van der Waals surface area contributed by atoms with Crippen LogP contribution in [0.1, 0.15) is 34.5 Å². The maximum atomic E-state index is 12.4. The van der Waals surface area contributed by atoms with Gasteiger partial charge in [0.05, 0.1) is 6.61 Å². The van der Waals surface area contributed by atoms with E-state index in [-0.39, 0.29) is 6.61 Å². The number of ether oxygens (including phenoxy) is 1. The number of nitrogens with one attached hydrogen (secondary N) is 1. The highest BCUT2D eigenvalue weighted by Crippen LogP contribution is 2.18. The number of carbonyl (C=O) groups is 2. The van der Waals surface area contributed by atoms with Crippen molar-refractivity contribution in [1.29, 1.82) is 0 Å². The fourth-order valence-electron chi connectivity index (χ4n) is 2.27. The third-order valence-electron chi connectivity index (χ3n) is 3.60. The molecule has 0 spiro atoms. The van der Waals surface area contributed by atoms with Crippen LogP contribution in [0.25, 0.3) is 0 Å². The number of hydrogen-bond donors (Lipinski definition) is 2. The van der Waals surface area contributed by atoms with Gasteiger partial charge in [-0.3, -0.25) is 4.79 Å². The van der Waals surface area contributed by atoms with Crippen LogP contribution in [0.4, 0.5) is 0 Å². The van der Waals surface area contributed by atoms with E-state index < -0.39 is 24.0 Å². The normalized spacial score (nSPS) is 13.0. The first kappa shape index (κ1) is 17.7. The van der Waals surface area contributed by atoms with Gasteiger partial charge in [0, 0.05) is 5.56 Å². The van der Waals surface area contributed by atoms with Gasteiger partial charge in [0.2, 0.25) is 0 Å². The predicted octanol–water partition coefficient (Wildman–Crippen LogP) is 2.39. The van der Waals surface area contributed by atoms with Crippen molar-refractivity contribution >= 4 is 11.9 Å². The Hall–Kier alpha value is -2.66. The highest BCUT2D eigenvalue weighted by molar-refractivity contribution is 5.97. The molecule has 2 N–H and O–H groups in total. The summed E-state index contributed by atoms with van der Waals surface area (Å²) < 4.78 is 4.99. The molecule has 0 saturated heterocycles. The molecule has 2 aromatic carbocycles. The molecule has 0 heterocycles. The largest absolute Gasteiger partial charge is 0.464 e. The third kappa shape index (κ3) is 4.43. The third-order valence-corrected chi connectivity index (χ3v) is 3.60. The Morgan fingerprint density at radius 2 is 1.71 bits per heavy atom. The molecule has 2 unspecified atom stereocenters. The lowest BCUT2D eigenvalue weighted by atomic mass is 10.0. The van der Waals surface area contributed by atoms with Gasteiger partial charge < -0.3 is 15.2 Å². The molecule has 0 aromatic heterocycles. The van der Waals surface area contributed by atoms with Crippen LogP contribution in [0.15, 0.2) is 54.6 Å². The SMILES string of the molecule is CCOC(=O)C(NC(=O)c1ccc(C)cc1)C(O)c1ccccc1. The summed E-state index contributed by atoms with van der Waals surface area (Å²) >= 11 is 0. The van der Waals surface area contributed by atoms with Crippen molar-refractivity contribution in [3.05, 3.63) is 71.3 Å². The van der Waals surface area contributed by atoms with Crippen LogP contribution in [0, 0.1) is 6.92 Å². The number of carbonyl (C=O) groups excluding carboxylic acids is 2. The van der Waals surface area contributed by atoms with Crippen molar-refractivity contribution in [1.82, 2.24) is 5.32 Å². The minimum absolute atomic E-state index is 0.164. The summed E-state index contributed by atoms with van der Waals surface area (Å²) in [6.45, 7) is 3.76. The van der Waals surface area contributed by atoms with Gasteiger partial charge in [-0.25, -0.2) is 4.79 Å². The zero-order chi connectivity index (χ0) is 17.5. The van der Waals surface area contributed by atoms with E-state index in [9.17, 15) is 14.7 Å². The van der Waals surface area contributed by atoms with Crippen molar-refractivity contribution in [3.63, 3.8) is 0 Å². The fourth-order valence-corrected chi connectivity index (χ4v) is 2.27. The van der Waals surface area contributed by atoms with Crippen LogP contribution in [-0.2, 0) is 9.53 Å². The van der Waals surface area contributed by atoms with E-state index in [1.807, 2.05) is 19.1 Å². The molecule has 2 atom stereocenters. The Kier molecular flexibility index (Phi) is 6.09. The minimum Gasteiger partial charge on any atom is -0.464 e. The molecule has 5 heteroatoms. The molecule has 24 heavy (non-hydrogen) atoms. The number of aryl methyl sites for hydroxylation is 1. The van der Waals surface area contributed by atoms with Crippen LogP contribution in [0.3, 0.4) is 0 Å². The molecule has 5 nitrogen and oxygen atoms in total. The van der Waals surface area contributed by atoms with E-state index in [0.717, 1.165) is 5.56 Å².